The monoisotopic (exact) mass is 334 g/mol. The Balaban J connectivity index is 2.60. The van der Waals surface area contributed by atoms with Gasteiger partial charge in [0.2, 0.25) is 5.91 Å². The number of nitrogens with one attached hydrogen (secondary N) is 2. The quantitative estimate of drug-likeness (QED) is 0.525. The van der Waals surface area contributed by atoms with Gasteiger partial charge in [-0.25, -0.2) is 0 Å². The number of hydrogen-bond acceptors (Lipinski definition) is 2. The average Bonchev–Trinajstić information content (AvgIpc) is 3.03. The van der Waals surface area contributed by atoms with E-state index in [1.165, 1.54) is 25.7 Å². The number of rotatable bonds is 11. The zero-order chi connectivity index (χ0) is 18.1. The molecule has 0 heterocycles. The topological polar surface area (TPSA) is 41.1 Å². The first kappa shape index (κ1) is 20.8. The maximum absolute atomic E-state index is 12.7. The third-order valence-electron chi connectivity index (χ3n) is 5.03. The summed E-state index contributed by atoms with van der Waals surface area (Å²) in [5.74, 6) is 0.815. The standard InChI is InChI=1S/C21H38N2O/c1-7-11-18(14-15(3)4)21(24)23-20(8-2)16(5)17(6)22-19-12-9-10-13-19/h15,18-20,22H,5-14H2,1-4H3,(H,23,24). The molecule has 1 saturated carbocycles. The van der Waals surface area contributed by atoms with Crippen LogP contribution in [0.5, 0.6) is 0 Å². The molecule has 138 valence electrons. The Morgan fingerprint density at radius 3 is 2.29 bits per heavy atom. The van der Waals surface area contributed by atoms with Gasteiger partial charge in [-0.2, -0.15) is 0 Å². The zero-order valence-corrected chi connectivity index (χ0v) is 16.3. The highest BCUT2D eigenvalue weighted by molar-refractivity contribution is 5.79. The van der Waals surface area contributed by atoms with E-state index in [1.807, 2.05) is 0 Å². The maximum Gasteiger partial charge on any atom is 0.223 e. The van der Waals surface area contributed by atoms with Gasteiger partial charge in [0, 0.05) is 17.7 Å². The number of amides is 1. The summed E-state index contributed by atoms with van der Waals surface area (Å²) < 4.78 is 0. The molecular weight excluding hydrogens is 296 g/mol. The summed E-state index contributed by atoms with van der Waals surface area (Å²) in [5.41, 5.74) is 1.82. The largest absolute Gasteiger partial charge is 0.383 e. The van der Waals surface area contributed by atoms with Gasteiger partial charge in [0.15, 0.2) is 0 Å². The van der Waals surface area contributed by atoms with Crippen molar-refractivity contribution in [1.29, 1.82) is 0 Å². The fraction of sp³-hybridized carbons (Fsp3) is 0.762. The molecule has 1 aliphatic rings. The van der Waals surface area contributed by atoms with Gasteiger partial charge in [0.1, 0.15) is 0 Å². The highest BCUT2D eigenvalue weighted by Crippen LogP contribution is 2.22. The van der Waals surface area contributed by atoms with Crippen molar-refractivity contribution in [2.75, 3.05) is 0 Å². The molecule has 0 spiro atoms. The number of hydrogen-bond donors (Lipinski definition) is 2. The Labute approximate surface area is 149 Å². The second kappa shape index (κ2) is 10.6. The third kappa shape index (κ3) is 6.70. The minimum atomic E-state index is -0.0228. The molecule has 3 nitrogen and oxygen atoms in total. The molecule has 0 aromatic heterocycles. The van der Waals surface area contributed by atoms with Crippen molar-refractivity contribution >= 4 is 5.91 Å². The maximum atomic E-state index is 12.7. The van der Waals surface area contributed by atoms with Crippen LogP contribution >= 0.6 is 0 Å². The van der Waals surface area contributed by atoms with Crippen molar-refractivity contribution in [2.45, 2.75) is 91.1 Å². The summed E-state index contributed by atoms with van der Waals surface area (Å²) in [5, 5.41) is 6.73. The van der Waals surface area contributed by atoms with Gasteiger partial charge in [-0.15, -0.1) is 0 Å². The normalized spacial score (nSPS) is 17.5. The van der Waals surface area contributed by atoms with E-state index in [2.05, 4.69) is 51.5 Å². The van der Waals surface area contributed by atoms with Crippen molar-refractivity contribution in [1.82, 2.24) is 10.6 Å². The molecule has 2 unspecified atom stereocenters. The molecule has 1 aliphatic carbocycles. The van der Waals surface area contributed by atoms with E-state index in [0.29, 0.717) is 12.0 Å². The molecule has 0 bridgehead atoms. The fourth-order valence-electron chi connectivity index (χ4n) is 3.62. The lowest BCUT2D eigenvalue weighted by atomic mass is 9.91. The molecule has 1 fully saturated rings. The highest BCUT2D eigenvalue weighted by atomic mass is 16.1. The van der Waals surface area contributed by atoms with Crippen molar-refractivity contribution in [3.63, 3.8) is 0 Å². The summed E-state index contributed by atoms with van der Waals surface area (Å²) in [4.78, 5) is 12.7. The molecule has 2 N–H and O–H groups in total. The molecule has 2 atom stereocenters. The van der Waals surface area contributed by atoms with Crippen LogP contribution < -0.4 is 10.6 Å². The van der Waals surface area contributed by atoms with E-state index in [4.69, 9.17) is 0 Å². The first-order valence-corrected chi connectivity index (χ1v) is 9.83. The van der Waals surface area contributed by atoms with Crippen molar-refractivity contribution in [3.8, 4) is 0 Å². The second-order valence-corrected chi connectivity index (χ2v) is 7.71. The lowest BCUT2D eigenvalue weighted by molar-refractivity contribution is -0.126. The minimum absolute atomic E-state index is 0.0228. The zero-order valence-electron chi connectivity index (χ0n) is 16.3. The Morgan fingerprint density at radius 1 is 1.17 bits per heavy atom. The SMILES string of the molecule is C=C(NC1CCCC1)C(=C)C(CC)NC(=O)C(CCC)CC(C)C. The van der Waals surface area contributed by atoms with Crippen molar-refractivity contribution < 1.29 is 4.79 Å². The molecule has 0 aromatic carbocycles. The van der Waals surface area contributed by atoms with E-state index < -0.39 is 0 Å². The van der Waals surface area contributed by atoms with Gasteiger partial charge in [-0.05, 0) is 43.6 Å². The van der Waals surface area contributed by atoms with Crippen molar-refractivity contribution in [2.24, 2.45) is 11.8 Å². The van der Waals surface area contributed by atoms with Gasteiger partial charge >= 0.3 is 0 Å². The summed E-state index contributed by atoms with van der Waals surface area (Å²) in [6.45, 7) is 17.0. The van der Waals surface area contributed by atoms with Crippen LogP contribution in [0.4, 0.5) is 0 Å². The van der Waals surface area contributed by atoms with E-state index in [-0.39, 0.29) is 17.9 Å². The lowest BCUT2D eigenvalue weighted by Crippen LogP contribution is -2.41. The summed E-state index contributed by atoms with van der Waals surface area (Å²) in [6, 6.07) is 0.502. The fourth-order valence-corrected chi connectivity index (χ4v) is 3.62. The van der Waals surface area contributed by atoms with E-state index in [9.17, 15) is 4.79 Å². The smallest absolute Gasteiger partial charge is 0.223 e. The Bertz CT molecular complexity index is 422. The molecule has 24 heavy (non-hydrogen) atoms. The molecule has 0 aliphatic heterocycles. The van der Waals surface area contributed by atoms with E-state index in [1.54, 1.807) is 0 Å². The Morgan fingerprint density at radius 2 is 1.79 bits per heavy atom. The van der Waals surface area contributed by atoms with Gasteiger partial charge in [-0.3, -0.25) is 4.79 Å². The number of carbonyl (C=O) groups is 1. The third-order valence-corrected chi connectivity index (χ3v) is 5.03. The Kier molecular flexibility index (Phi) is 9.17. The molecule has 1 rings (SSSR count). The van der Waals surface area contributed by atoms with Crippen LogP contribution in [0.15, 0.2) is 24.4 Å². The van der Waals surface area contributed by atoms with Crippen LogP contribution in [0.25, 0.3) is 0 Å². The van der Waals surface area contributed by atoms with E-state index in [0.717, 1.165) is 37.0 Å². The summed E-state index contributed by atoms with van der Waals surface area (Å²) in [6.07, 6.45) is 8.79. The van der Waals surface area contributed by atoms with Crippen molar-refractivity contribution in [3.05, 3.63) is 24.4 Å². The van der Waals surface area contributed by atoms with Crippen LogP contribution in [0.2, 0.25) is 0 Å². The number of carbonyl (C=O) groups excluding carboxylic acids is 1. The van der Waals surface area contributed by atoms with Crippen LogP contribution in [-0.4, -0.2) is 18.0 Å². The van der Waals surface area contributed by atoms with Crippen LogP contribution in [0.1, 0.15) is 79.1 Å². The Hall–Kier alpha value is -1.25. The van der Waals surface area contributed by atoms with Gasteiger partial charge in [-0.1, -0.05) is 60.1 Å². The summed E-state index contributed by atoms with van der Waals surface area (Å²) >= 11 is 0. The van der Waals surface area contributed by atoms with Crippen LogP contribution in [0, 0.1) is 11.8 Å². The molecule has 1 amide bonds. The second-order valence-electron chi connectivity index (χ2n) is 7.71. The first-order valence-electron chi connectivity index (χ1n) is 9.83. The van der Waals surface area contributed by atoms with Crippen LogP contribution in [0.3, 0.4) is 0 Å². The summed E-state index contributed by atoms with van der Waals surface area (Å²) in [7, 11) is 0. The predicted molar refractivity (Wildman–Crippen MR) is 104 cm³/mol. The molecule has 0 radical (unpaired) electrons. The average molecular weight is 335 g/mol. The predicted octanol–water partition coefficient (Wildman–Crippen LogP) is 4.95. The molecule has 3 heteroatoms. The van der Waals surface area contributed by atoms with Gasteiger partial charge in [0.05, 0.1) is 6.04 Å². The highest BCUT2D eigenvalue weighted by Gasteiger charge is 2.24. The first-order chi connectivity index (χ1) is 11.4. The minimum Gasteiger partial charge on any atom is -0.383 e. The molecule has 0 saturated heterocycles. The molecule has 0 aromatic rings. The lowest BCUT2D eigenvalue weighted by Gasteiger charge is -2.26. The van der Waals surface area contributed by atoms with Crippen LogP contribution in [-0.2, 0) is 4.79 Å². The van der Waals surface area contributed by atoms with Gasteiger partial charge < -0.3 is 10.6 Å². The van der Waals surface area contributed by atoms with E-state index >= 15 is 0 Å². The van der Waals surface area contributed by atoms with Gasteiger partial charge in [0.25, 0.3) is 0 Å². The molecular formula is C21H38N2O.